The molecule has 3 heterocycles. The van der Waals surface area contributed by atoms with E-state index in [1.165, 1.54) is 11.1 Å². The van der Waals surface area contributed by atoms with Crippen LogP contribution in [-0.2, 0) is 22.4 Å². The van der Waals surface area contributed by atoms with Crippen LogP contribution in [0.25, 0.3) is 0 Å². The van der Waals surface area contributed by atoms with Gasteiger partial charge in [-0.1, -0.05) is 23.8 Å². The summed E-state index contributed by atoms with van der Waals surface area (Å²) in [6, 6.07) is 14.0. The number of aromatic nitrogens is 1. The summed E-state index contributed by atoms with van der Waals surface area (Å²) in [6.45, 7) is 4.13. The first-order chi connectivity index (χ1) is 16.5. The fraction of sp³-hybridized carbons (Fsp3) is 0.321. The number of aryl methyl sites for hydroxylation is 2. The quantitative estimate of drug-likeness (QED) is 0.564. The van der Waals surface area contributed by atoms with Gasteiger partial charge in [-0.25, -0.2) is 4.98 Å². The number of nitrogens with one attached hydrogen (secondary N) is 1. The number of ketones is 1. The van der Waals surface area contributed by atoms with Crippen molar-refractivity contribution >= 4 is 17.5 Å². The van der Waals surface area contributed by atoms with Crippen LogP contribution in [0.4, 0.5) is 5.82 Å². The maximum Gasteiger partial charge on any atom is 0.225 e. The predicted octanol–water partition coefficient (Wildman–Crippen LogP) is 5.05. The average molecular weight is 455 g/mol. The monoisotopic (exact) mass is 454 g/mol. The van der Waals surface area contributed by atoms with Gasteiger partial charge in [0.2, 0.25) is 5.91 Å². The van der Waals surface area contributed by atoms with Crippen molar-refractivity contribution < 1.29 is 19.1 Å². The van der Waals surface area contributed by atoms with E-state index in [0.717, 1.165) is 28.2 Å². The number of carbonyl (C=O) groups excluding carboxylic acids is 2. The topological polar surface area (TPSA) is 77.5 Å². The maximum absolute atomic E-state index is 12.8. The number of hydrogen-bond donors (Lipinski definition) is 1. The zero-order valence-electron chi connectivity index (χ0n) is 19.3. The maximum atomic E-state index is 12.8. The van der Waals surface area contributed by atoms with Gasteiger partial charge in [-0.15, -0.1) is 0 Å². The van der Waals surface area contributed by atoms with E-state index in [2.05, 4.69) is 42.3 Å². The number of Topliss-reactive ketones (excluding diaryl/α,β-unsaturated/α-hetero) is 1. The molecule has 1 amide bonds. The third kappa shape index (κ3) is 3.73. The molecule has 1 N–H and O–H groups in total. The molecule has 1 saturated carbocycles. The molecule has 6 heteroatoms. The lowest BCUT2D eigenvalue weighted by molar-refractivity contribution is -0.119. The van der Waals surface area contributed by atoms with E-state index in [1.54, 1.807) is 6.20 Å². The second-order valence-electron chi connectivity index (χ2n) is 9.61. The lowest BCUT2D eigenvalue weighted by atomic mass is 9.98. The standard InChI is InChI=1S/C28H26N2O4/c1-15-3-4-17(16(2)11-15)12-18(31)13-22-26-21-14-19(5-7-23(21)34-27(22)26)33-24-9-10-29-28-20(24)6-8-25(32)30-28/h3-5,7,9-11,14,22,26-27H,6,8,12-13H2,1-2H3,(H,29,30,32)/t22-,26-,27+/m0/s1. The molecule has 0 saturated heterocycles. The number of anilines is 1. The van der Waals surface area contributed by atoms with E-state index in [1.807, 2.05) is 24.3 Å². The molecule has 1 aromatic heterocycles. The second kappa shape index (κ2) is 7.97. The lowest BCUT2D eigenvalue weighted by Gasteiger charge is -2.19. The van der Waals surface area contributed by atoms with Crippen LogP contribution >= 0.6 is 0 Å². The fourth-order valence-corrected chi connectivity index (χ4v) is 5.33. The fourth-order valence-electron chi connectivity index (χ4n) is 5.33. The summed E-state index contributed by atoms with van der Waals surface area (Å²) in [4.78, 5) is 28.7. The van der Waals surface area contributed by atoms with E-state index >= 15 is 0 Å². The summed E-state index contributed by atoms with van der Waals surface area (Å²) >= 11 is 0. The van der Waals surface area contributed by atoms with Gasteiger partial charge in [0.25, 0.3) is 0 Å². The minimum Gasteiger partial charge on any atom is -0.489 e. The van der Waals surface area contributed by atoms with Crippen molar-refractivity contribution in [1.82, 2.24) is 4.98 Å². The molecule has 6 rings (SSSR count). The Labute approximate surface area is 198 Å². The van der Waals surface area contributed by atoms with E-state index in [-0.39, 0.29) is 29.6 Å². The van der Waals surface area contributed by atoms with Gasteiger partial charge in [-0.2, -0.15) is 0 Å². The van der Waals surface area contributed by atoms with Crippen molar-refractivity contribution in [3.05, 3.63) is 76.5 Å². The number of carbonyl (C=O) groups is 2. The number of ether oxygens (including phenoxy) is 2. The molecule has 0 spiro atoms. The van der Waals surface area contributed by atoms with Crippen molar-refractivity contribution in [1.29, 1.82) is 0 Å². The Morgan fingerprint density at radius 1 is 1.15 bits per heavy atom. The minimum atomic E-state index is -0.0234. The van der Waals surface area contributed by atoms with Crippen LogP contribution in [0.3, 0.4) is 0 Å². The summed E-state index contributed by atoms with van der Waals surface area (Å²) in [5.74, 6) is 3.58. The molecule has 172 valence electrons. The first kappa shape index (κ1) is 20.9. The van der Waals surface area contributed by atoms with Crippen LogP contribution < -0.4 is 14.8 Å². The first-order valence-corrected chi connectivity index (χ1v) is 11.8. The molecule has 3 aromatic rings. The zero-order valence-corrected chi connectivity index (χ0v) is 19.3. The van der Waals surface area contributed by atoms with Gasteiger partial charge in [0, 0.05) is 48.4 Å². The number of fused-ring (bicyclic) bond motifs is 4. The van der Waals surface area contributed by atoms with Crippen molar-refractivity contribution in [3.63, 3.8) is 0 Å². The van der Waals surface area contributed by atoms with E-state index < -0.39 is 0 Å². The molecule has 0 bridgehead atoms. The lowest BCUT2D eigenvalue weighted by Crippen LogP contribution is -2.20. The molecule has 3 atom stereocenters. The Balaban J connectivity index is 1.15. The summed E-state index contributed by atoms with van der Waals surface area (Å²) < 4.78 is 12.3. The number of hydrogen-bond acceptors (Lipinski definition) is 5. The number of nitrogens with zero attached hydrogens (tertiary/aromatic N) is 1. The van der Waals surface area contributed by atoms with Gasteiger partial charge in [0.15, 0.2) is 0 Å². The molecule has 6 nitrogen and oxygen atoms in total. The SMILES string of the molecule is Cc1ccc(CC(=O)C[C@@H]2[C@H]3Oc4ccc(Oc5ccnc6c5CCC(=O)N6)cc4[C@@H]23)c(C)c1. The molecule has 1 aliphatic carbocycles. The molecule has 0 radical (unpaired) electrons. The van der Waals surface area contributed by atoms with Gasteiger partial charge in [0.05, 0.1) is 0 Å². The third-order valence-corrected chi connectivity index (χ3v) is 7.15. The predicted molar refractivity (Wildman–Crippen MR) is 128 cm³/mol. The largest absolute Gasteiger partial charge is 0.489 e. The summed E-state index contributed by atoms with van der Waals surface area (Å²) in [5, 5.41) is 2.81. The average Bonchev–Trinajstić information content (AvgIpc) is 3.32. The minimum absolute atomic E-state index is 0.0234. The highest BCUT2D eigenvalue weighted by molar-refractivity contribution is 5.93. The Morgan fingerprint density at radius 2 is 2.03 bits per heavy atom. The molecular formula is C28H26N2O4. The van der Waals surface area contributed by atoms with E-state index in [9.17, 15) is 9.59 Å². The second-order valence-corrected chi connectivity index (χ2v) is 9.61. The molecule has 2 aliphatic heterocycles. The van der Waals surface area contributed by atoms with Gasteiger partial charge in [0.1, 0.15) is 35.0 Å². The van der Waals surface area contributed by atoms with Crippen LogP contribution in [0, 0.1) is 19.8 Å². The van der Waals surface area contributed by atoms with Crippen LogP contribution in [0.1, 0.15) is 46.6 Å². The first-order valence-electron chi connectivity index (χ1n) is 11.8. The van der Waals surface area contributed by atoms with Crippen LogP contribution in [0.2, 0.25) is 0 Å². The summed E-state index contributed by atoms with van der Waals surface area (Å²) in [5.41, 5.74) is 5.52. The Morgan fingerprint density at radius 3 is 2.88 bits per heavy atom. The smallest absolute Gasteiger partial charge is 0.225 e. The summed E-state index contributed by atoms with van der Waals surface area (Å²) in [6.07, 6.45) is 3.76. The van der Waals surface area contributed by atoms with Crippen molar-refractivity contribution in [2.45, 2.75) is 51.6 Å². The van der Waals surface area contributed by atoms with Gasteiger partial charge in [-0.05, 0) is 55.7 Å². The number of rotatable bonds is 6. The molecular weight excluding hydrogens is 428 g/mol. The Kier molecular flexibility index (Phi) is 4.90. The number of amides is 1. The van der Waals surface area contributed by atoms with Crippen LogP contribution in [0.15, 0.2) is 48.7 Å². The van der Waals surface area contributed by atoms with E-state index in [0.29, 0.717) is 37.3 Å². The van der Waals surface area contributed by atoms with Gasteiger partial charge < -0.3 is 14.8 Å². The van der Waals surface area contributed by atoms with E-state index in [4.69, 9.17) is 9.47 Å². The van der Waals surface area contributed by atoms with Gasteiger partial charge >= 0.3 is 0 Å². The van der Waals surface area contributed by atoms with Crippen LogP contribution in [-0.4, -0.2) is 22.8 Å². The van der Waals surface area contributed by atoms with Gasteiger partial charge in [-0.3, -0.25) is 9.59 Å². The molecule has 34 heavy (non-hydrogen) atoms. The number of benzene rings is 2. The van der Waals surface area contributed by atoms with Crippen LogP contribution in [0.5, 0.6) is 17.2 Å². The molecule has 0 unspecified atom stereocenters. The third-order valence-electron chi connectivity index (χ3n) is 7.15. The zero-order chi connectivity index (χ0) is 23.4. The molecule has 2 aromatic carbocycles. The Bertz CT molecular complexity index is 1330. The van der Waals surface area contributed by atoms with Crippen molar-refractivity contribution in [2.75, 3.05) is 5.32 Å². The molecule has 3 aliphatic rings. The normalized spacial score (nSPS) is 21.6. The highest BCUT2D eigenvalue weighted by atomic mass is 16.5. The highest BCUT2D eigenvalue weighted by Crippen LogP contribution is 2.60. The molecule has 1 fully saturated rings. The van der Waals surface area contributed by atoms with Crippen molar-refractivity contribution in [3.8, 4) is 17.2 Å². The summed E-state index contributed by atoms with van der Waals surface area (Å²) in [7, 11) is 0. The van der Waals surface area contributed by atoms with Crippen molar-refractivity contribution in [2.24, 2.45) is 5.92 Å². The Hall–Kier alpha value is -3.67. The highest BCUT2D eigenvalue weighted by Gasteiger charge is 2.59. The number of pyridine rings is 1.